The van der Waals surface area contributed by atoms with Gasteiger partial charge in [-0.1, -0.05) is 45.7 Å². The van der Waals surface area contributed by atoms with Crippen LogP contribution in [0.3, 0.4) is 0 Å². The normalized spacial score (nSPS) is 23.4. The van der Waals surface area contributed by atoms with Crippen molar-refractivity contribution < 1.29 is 38.3 Å². The van der Waals surface area contributed by atoms with E-state index in [2.05, 4.69) is 21.4 Å². The quantitative estimate of drug-likeness (QED) is 0.225. The number of benzene rings is 1. The molecule has 4 atom stereocenters. The van der Waals surface area contributed by atoms with Gasteiger partial charge in [-0.15, -0.1) is 0 Å². The fraction of sp³-hybridized carbons (Fsp3) is 0.639. The van der Waals surface area contributed by atoms with Crippen molar-refractivity contribution in [1.82, 2.24) is 26.3 Å². The number of likely N-dealkylation sites (tertiary alicyclic amines) is 1. The van der Waals surface area contributed by atoms with Gasteiger partial charge in [0.1, 0.15) is 23.4 Å². The summed E-state index contributed by atoms with van der Waals surface area (Å²) in [4.78, 5) is 75.5. The third-order valence-corrected chi connectivity index (χ3v) is 10.0. The van der Waals surface area contributed by atoms with E-state index in [1.54, 1.807) is 12.1 Å². The summed E-state index contributed by atoms with van der Waals surface area (Å²) in [5.41, 5.74) is 2.42. The van der Waals surface area contributed by atoms with E-state index >= 15 is 0 Å². The minimum absolute atomic E-state index is 0.0126. The zero-order valence-electron chi connectivity index (χ0n) is 29.6. The second kappa shape index (κ2) is 15.7. The smallest absolute Gasteiger partial charge is 0.289 e. The van der Waals surface area contributed by atoms with Gasteiger partial charge in [0, 0.05) is 37.7 Å². The summed E-state index contributed by atoms with van der Waals surface area (Å²) >= 11 is 6.40. The molecule has 3 fully saturated rings. The molecule has 2 saturated heterocycles. The lowest BCUT2D eigenvalue weighted by atomic mass is 9.85. The van der Waals surface area contributed by atoms with E-state index in [1.165, 1.54) is 12.0 Å². The summed E-state index contributed by atoms with van der Waals surface area (Å²) in [5, 5.41) is 8.88. The van der Waals surface area contributed by atoms with Crippen molar-refractivity contribution in [3.05, 3.63) is 34.9 Å². The van der Waals surface area contributed by atoms with E-state index in [0.717, 1.165) is 25.7 Å². The van der Waals surface area contributed by atoms with E-state index in [1.807, 2.05) is 39.8 Å². The molecule has 4 N–H and O–H groups in total. The molecule has 274 valence electrons. The molecule has 4 aliphatic rings. The van der Waals surface area contributed by atoms with Gasteiger partial charge < -0.3 is 30.3 Å². The number of ether oxygens (including phenoxy) is 2. The lowest BCUT2D eigenvalue weighted by Gasteiger charge is -2.36. The van der Waals surface area contributed by atoms with Crippen LogP contribution in [-0.4, -0.2) is 90.9 Å². The van der Waals surface area contributed by atoms with Gasteiger partial charge in [-0.2, -0.15) is 0 Å². The molecule has 13 nitrogen and oxygen atoms in total. The number of carbonyl (C=O) groups excluding carboxylic acids is 5. The maximum Gasteiger partial charge on any atom is 0.289 e. The predicted molar refractivity (Wildman–Crippen MR) is 186 cm³/mol. The highest BCUT2D eigenvalue weighted by Gasteiger charge is 2.54. The molecule has 1 aromatic carbocycles. The molecule has 1 aromatic rings. The molecule has 5 rings (SSSR count). The number of nitrogens with one attached hydrogen (secondary N) is 4. The number of hydrogen-bond donors (Lipinski definition) is 4. The minimum atomic E-state index is -1.12. The van der Waals surface area contributed by atoms with Crippen LogP contribution in [0.2, 0.25) is 5.02 Å². The Labute approximate surface area is 298 Å². The number of methoxy groups -OCH3 is 1. The first-order valence-corrected chi connectivity index (χ1v) is 17.9. The highest BCUT2D eigenvalue weighted by atomic mass is 35.5. The van der Waals surface area contributed by atoms with Gasteiger partial charge in [-0.3, -0.25) is 34.3 Å². The molecule has 14 heteroatoms. The molecular weight excluding hydrogens is 666 g/mol. The fourth-order valence-corrected chi connectivity index (χ4v) is 6.97. The van der Waals surface area contributed by atoms with Crippen molar-refractivity contribution in [3.8, 4) is 5.75 Å². The average molecular weight is 716 g/mol. The lowest BCUT2D eigenvalue weighted by Crippen LogP contribution is -2.59. The predicted octanol–water partition coefficient (Wildman–Crippen LogP) is 3.04. The summed E-state index contributed by atoms with van der Waals surface area (Å²) < 4.78 is 10.7. The van der Waals surface area contributed by atoms with Gasteiger partial charge in [0.25, 0.3) is 5.91 Å². The Kier molecular flexibility index (Phi) is 11.8. The van der Waals surface area contributed by atoms with E-state index in [4.69, 9.17) is 25.9 Å². The van der Waals surface area contributed by atoms with Crippen molar-refractivity contribution in [2.24, 2.45) is 11.3 Å². The molecule has 50 heavy (non-hydrogen) atoms. The van der Waals surface area contributed by atoms with E-state index in [-0.39, 0.29) is 43.7 Å². The maximum atomic E-state index is 14.6. The Morgan fingerprint density at radius 2 is 1.82 bits per heavy atom. The van der Waals surface area contributed by atoms with Crippen LogP contribution in [0.15, 0.2) is 24.3 Å². The van der Waals surface area contributed by atoms with E-state index in [9.17, 15) is 24.0 Å². The number of ketones is 1. The van der Waals surface area contributed by atoms with Crippen LogP contribution in [0.25, 0.3) is 5.70 Å². The number of amides is 4. The van der Waals surface area contributed by atoms with Gasteiger partial charge in [-0.05, 0) is 67.7 Å². The summed E-state index contributed by atoms with van der Waals surface area (Å²) in [6.07, 6.45) is 6.12. The summed E-state index contributed by atoms with van der Waals surface area (Å²) in [7, 11) is 1.53. The Balaban J connectivity index is 1.42. The summed E-state index contributed by atoms with van der Waals surface area (Å²) in [5.74, 6) is -2.05. The fourth-order valence-electron chi connectivity index (χ4n) is 6.71. The van der Waals surface area contributed by atoms with Crippen LogP contribution < -0.4 is 26.2 Å². The third-order valence-electron chi connectivity index (χ3n) is 9.75. The topological polar surface area (TPSA) is 164 Å². The molecule has 3 aliphatic heterocycles. The maximum absolute atomic E-state index is 14.6. The van der Waals surface area contributed by atoms with Crippen LogP contribution >= 0.6 is 11.6 Å². The second-order valence-corrected chi connectivity index (χ2v) is 15.4. The number of nitrogens with zero attached hydrogens (tertiary/aromatic N) is 1. The van der Waals surface area contributed by atoms with E-state index < -0.39 is 52.6 Å². The Hall–Kier alpha value is -3.68. The number of Topliss-reactive ketones (excluding diaryl/α,β-unsaturated/α-hetero) is 1. The zero-order chi connectivity index (χ0) is 36.2. The summed E-state index contributed by atoms with van der Waals surface area (Å²) in [6, 6.07) is 2.15. The van der Waals surface area contributed by atoms with Crippen LogP contribution in [0.1, 0.15) is 84.6 Å². The van der Waals surface area contributed by atoms with Crippen LogP contribution in [0.4, 0.5) is 0 Å². The Morgan fingerprint density at radius 3 is 2.44 bits per heavy atom. The largest absolute Gasteiger partial charge is 0.495 e. The van der Waals surface area contributed by atoms with Gasteiger partial charge in [-0.25, -0.2) is 0 Å². The van der Waals surface area contributed by atoms with Crippen molar-refractivity contribution >= 4 is 46.7 Å². The first-order chi connectivity index (χ1) is 23.7. The number of halogens is 1. The van der Waals surface area contributed by atoms with Crippen molar-refractivity contribution in [2.75, 3.05) is 26.9 Å². The van der Waals surface area contributed by atoms with Gasteiger partial charge in [0.15, 0.2) is 0 Å². The van der Waals surface area contributed by atoms with Gasteiger partial charge in [0.2, 0.25) is 23.5 Å². The highest BCUT2D eigenvalue weighted by molar-refractivity contribution is 6.38. The van der Waals surface area contributed by atoms with Crippen LogP contribution in [0.5, 0.6) is 5.75 Å². The molecule has 0 unspecified atom stereocenters. The molecule has 3 heterocycles. The highest BCUT2D eigenvalue weighted by Crippen LogP contribution is 2.40. The molecular formula is C36H50ClN5O8. The molecule has 0 radical (unpaired) electrons. The average Bonchev–Trinajstić information content (AvgIpc) is 3.67. The Bertz CT molecular complexity index is 1500. The van der Waals surface area contributed by atoms with Gasteiger partial charge in [0.05, 0.1) is 30.4 Å². The number of hydroxylamine groups is 1. The second-order valence-electron chi connectivity index (χ2n) is 15.0. The third kappa shape index (κ3) is 8.96. The molecule has 0 aromatic heterocycles. The first kappa shape index (κ1) is 37.6. The molecule has 1 saturated carbocycles. The monoisotopic (exact) mass is 715 g/mol. The van der Waals surface area contributed by atoms with E-state index in [0.29, 0.717) is 41.7 Å². The SMILES string of the molecule is CCC[C@H](NC(=O)[C@@H]1C[C@]2(C=C(c3ccc(OC)c(Cl)c3)NO2)CN1C(=O)[C@@H](NC(=O)CC1CCOCC1)C(C)(C)C)C(=O)C(=O)NC1CC1. The minimum Gasteiger partial charge on any atom is -0.495 e. The number of hydrogen-bond acceptors (Lipinski definition) is 9. The molecule has 4 amide bonds. The Morgan fingerprint density at radius 1 is 1.10 bits per heavy atom. The van der Waals surface area contributed by atoms with Crippen LogP contribution in [0, 0.1) is 11.3 Å². The molecule has 1 aliphatic carbocycles. The van der Waals surface area contributed by atoms with Gasteiger partial charge >= 0.3 is 0 Å². The number of carbonyl (C=O) groups is 5. The lowest BCUT2D eigenvalue weighted by molar-refractivity contribution is -0.145. The molecule has 0 bridgehead atoms. The molecule has 1 spiro atoms. The first-order valence-electron chi connectivity index (χ1n) is 17.6. The van der Waals surface area contributed by atoms with Crippen molar-refractivity contribution in [2.45, 2.75) is 109 Å². The zero-order valence-corrected chi connectivity index (χ0v) is 30.3. The summed E-state index contributed by atoms with van der Waals surface area (Å²) in [6.45, 7) is 8.63. The number of rotatable bonds is 13. The van der Waals surface area contributed by atoms with Crippen molar-refractivity contribution in [1.29, 1.82) is 0 Å². The van der Waals surface area contributed by atoms with Crippen molar-refractivity contribution in [3.63, 3.8) is 0 Å². The van der Waals surface area contributed by atoms with Crippen LogP contribution in [-0.2, 0) is 33.5 Å². The standard InChI is InChI=1S/C36H50ClN5O8/c1-6-7-25(30(44)33(46)38-23-9-10-23)39-32(45)27-19-36(18-26(41-50-36)22-8-11-28(48-5)24(37)17-22)20-42(27)34(47)31(35(2,3)4)40-29(43)16-21-12-14-49-15-13-21/h8,11,17-18,21,23,25,27,31,41H,6-7,9-10,12-16,19-20H2,1-5H3,(H,38,46)(H,39,45)(H,40,43)/t25-,27-,31+,36+/m0/s1.